The Labute approximate surface area is 71.1 Å². The largest absolute Gasteiger partial charge is 0.384 e. The van der Waals surface area contributed by atoms with Gasteiger partial charge in [0.05, 0.1) is 0 Å². The minimum atomic E-state index is -0.746. The molecule has 0 rings (SSSR count). The van der Waals surface area contributed by atoms with Crippen molar-refractivity contribution in [1.29, 1.82) is 0 Å². The minimum absolute atomic E-state index is 0.250. The molecule has 0 aromatic rings. The van der Waals surface area contributed by atoms with Crippen LogP contribution in [0.3, 0.4) is 0 Å². The van der Waals surface area contributed by atoms with Gasteiger partial charge < -0.3 is 4.98 Å². The minimum Gasteiger partial charge on any atom is -0.384 e. The fourth-order valence-corrected chi connectivity index (χ4v) is 3.94. The Morgan fingerprint density at radius 1 is 1.36 bits per heavy atom. The van der Waals surface area contributed by atoms with Crippen LogP contribution in [0.4, 0.5) is 0 Å². The quantitative estimate of drug-likeness (QED) is 0.511. The normalized spacial score (nSPS) is 12.3. The second-order valence-corrected chi connectivity index (χ2v) is 7.85. The van der Waals surface area contributed by atoms with Crippen molar-refractivity contribution in [2.24, 2.45) is 0 Å². The van der Waals surface area contributed by atoms with E-state index in [4.69, 9.17) is 0 Å². The van der Waals surface area contributed by atoms with Gasteiger partial charge in [-0.2, -0.15) is 0 Å². The number of nitrogens with one attached hydrogen (secondary N) is 1. The number of carbonyl (C=O) groups is 1. The molecule has 0 unspecified atom stereocenters. The van der Waals surface area contributed by atoms with Crippen LogP contribution in [0.5, 0.6) is 0 Å². The molecule has 11 heavy (non-hydrogen) atoms. The van der Waals surface area contributed by atoms with Crippen LogP contribution in [0.1, 0.15) is 34.6 Å². The van der Waals surface area contributed by atoms with Gasteiger partial charge in [-0.1, -0.05) is 34.6 Å². The number of carbonyl (C=O) groups excluding carboxylic acids is 1. The van der Waals surface area contributed by atoms with E-state index in [-0.39, 0.29) is 5.04 Å². The van der Waals surface area contributed by atoms with Gasteiger partial charge in [-0.3, -0.25) is 4.79 Å². The lowest BCUT2D eigenvalue weighted by molar-refractivity contribution is -0.108. The molecule has 1 N–H and O–H groups in total. The molecule has 3 heteroatoms. The van der Waals surface area contributed by atoms with Gasteiger partial charge in [-0.25, -0.2) is 0 Å². The summed E-state index contributed by atoms with van der Waals surface area (Å²) in [5, 5.41) is 0.250. The van der Waals surface area contributed by atoms with Crippen LogP contribution in [0, 0.1) is 0 Å². The van der Waals surface area contributed by atoms with Gasteiger partial charge in [0.1, 0.15) is 0 Å². The molecule has 0 aromatic heterocycles. The Bertz CT molecular complexity index is 129. The zero-order valence-corrected chi connectivity index (χ0v) is 9.06. The maximum Gasteiger partial charge on any atom is 0.199 e. The highest BCUT2D eigenvalue weighted by atomic mass is 28.3. The molecule has 0 fully saturated rings. The Morgan fingerprint density at radius 3 is 1.91 bits per heavy atom. The highest BCUT2D eigenvalue weighted by Crippen LogP contribution is 2.31. The van der Waals surface area contributed by atoms with E-state index in [0.717, 1.165) is 6.41 Å². The molecule has 65 valence electrons. The monoisotopic (exact) mass is 172 g/mol. The summed E-state index contributed by atoms with van der Waals surface area (Å²) in [4.78, 5) is 13.2. The van der Waals surface area contributed by atoms with Crippen molar-refractivity contribution in [3.05, 3.63) is 0 Å². The lowest BCUT2D eigenvalue weighted by Crippen LogP contribution is -2.43. The van der Waals surface area contributed by atoms with Gasteiger partial charge >= 0.3 is 0 Å². The third-order valence-corrected chi connectivity index (χ3v) is 4.80. The Morgan fingerprint density at radius 2 is 1.82 bits per heavy atom. The van der Waals surface area contributed by atoms with Crippen molar-refractivity contribution in [2.45, 2.75) is 45.2 Å². The van der Waals surface area contributed by atoms with Crippen LogP contribution in [-0.2, 0) is 4.79 Å². The summed E-state index contributed by atoms with van der Waals surface area (Å²) < 4.78 is 0. The molecule has 0 saturated heterocycles. The van der Waals surface area contributed by atoms with Crippen molar-refractivity contribution in [2.75, 3.05) is 0 Å². The molecule has 0 atom stereocenters. The fraction of sp³-hybridized carbons (Fsp3) is 0.875. The molecule has 0 aliphatic rings. The molecular formula is C8H18NOSi. The summed E-state index contributed by atoms with van der Waals surface area (Å²) in [6.45, 7) is 10.9. The number of amides is 1. The first-order chi connectivity index (χ1) is 4.89. The van der Waals surface area contributed by atoms with E-state index in [9.17, 15) is 4.79 Å². The zero-order valence-electron chi connectivity index (χ0n) is 8.06. The van der Waals surface area contributed by atoms with E-state index >= 15 is 0 Å². The summed E-state index contributed by atoms with van der Waals surface area (Å²) in [6.07, 6.45) is 0.833. The van der Waals surface area contributed by atoms with E-state index in [1.807, 2.05) is 0 Å². The van der Waals surface area contributed by atoms with Gasteiger partial charge in [0.15, 0.2) is 15.4 Å². The number of rotatable bonds is 3. The third-order valence-electron chi connectivity index (χ3n) is 1.60. The molecule has 2 nitrogen and oxygen atoms in total. The SMILES string of the molecule is CC(C)[Si](NC=O)C(C)(C)C. The predicted octanol–water partition coefficient (Wildman–Crippen LogP) is 1.93. The van der Waals surface area contributed by atoms with Crippen molar-refractivity contribution in [3.63, 3.8) is 0 Å². The molecule has 1 radical (unpaired) electrons. The highest BCUT2D eigenvalue weighted by molar-refractivity contribution is 6.62. The maximum atomic E-state index is 10.3. The summed E-state index contributed by atoms with van der Waals surface area (Å²) in [7, 11) is -0.746. The van der Waals surface area contributed by atoms with E-state index < -0.39 is 8.96 Å². The first kappa shape index (κ1) is 10.7. The average Bonchev–Trinajstić information content (AvgIpc) is 1.79. The molecule has 0 aliphatic carbocycles. The zero-order chi connectivity index (χ0) is 9.07. The molecule has 0 saturated carbocycles. The standard InChI is InChI=1S/C8H18NOSi/c1-7(2)11(9-6-10)8(3,4)5/h6-7H,1-5H3,(H,9,10). The average molecular weight is 172 g/mol. The van der Waals surface area contributed by atoms with Crippen molar-refractivity contribution >= 4 is 15.4 Å². The van der Waals surface area contributed by atoms with Gasteiger partial charge in [-0.15, -0.1) is 0 Å². The molecule has 0 aromatic carbocycles. The van der Waals surface area contributed by atoms with E-state index in [1.165, 1.54) is 0 Å². The summed E-state index contributed by atoms with van der Waals surface area (Å²) in [6, 6.07) is 0. The highest BCUT2D eigenvalue weighted by Gasteiger charge is 2.29. The number of hydrogen-bond acceptors (Lipinski definition) is 1. The molecule has 1 amide bonds. The topological polar surface area (TPSA) is 29.1 Å². The molecule has 0 heterocycles. The Kier molecular flexibility index (Phi) is 3.79. The van der Waals surface area contributed by atoms with Crippen LogP contribution in [-0.4, -0.2) is 15.4 Å². The van der Waals surface area contributed by atoms with Crippen LogP contribution in [0.2, 0.25) is 10.6 Å². The van der Waals surface area contributed by atoms with Crippen molar-refractivity contribution in [1.82, 2.24) is 4.98 Å². The van der Waals surface area contributed by atoms with Gasteiger partial charge in [-0.05, 0) is 10.6 Å². The first-order valence-electron chi connectivity index (χ1n) is 3.97. The van der Waals surface area contributed by atoms with Gasteiger partial charge in [0.2, 0.25) is 0 Å². The third kappa shape index (κ3) is 3.56. The molecule has 0 aliphatic heterocycles. The summed E-state index contributed by atoms with van der Waals surface area (Å²) in [5.74, 6) is 0. The van der Waals surface area contributed by atoms with Crippen molar-refractivity contribution in [3.8, 4) is 0 Å². The molecular weight excluding hydrogens is 154 g/mol. The van der Waals surface area contributed by atoms with E-state index in [1.54, 1.807) is 0 Å². The van der Waals surface area contributed by atoms with Crippen LogP contribution in [0.15, 0.2) is 0 Å². The number of hydrogen-bond donors (Lipinski definition) is 1. The van der Waals surface area contributed by atoms with Crippen LogP contribution in [0.25, 0.3) is 0 Å². The van der Waals surface area contributed by atoms with E-state index in [0.29, 0.717) is 5.54 Å². The summed E-state index contributed by atoms with van der Waals surface area (Å²) in [5.41, 5.74) is 0.588. The first-order valence-corrected chi connectivity index (χ1v) is 5.55. The van der Waals surface area contributed by atoms with E-state index in [2.05, 4.69) is 39.6 Å². The van der Waals surface area contributed by atoms with Crippen molar-refractivity contribution < 1.29 is 4.79 Å². The lowest BCUT2D eigenvalue weighted by atomic mass is 10.2. The summed E-state index contributed by atoms with van der Waals surface area (Å²) >= 11 is 0. The van der Waals surface area contributed by atoms with Crippen LogP contribution < -0.4 is 4.98 Å². The lowest BCUT2D eigenvalue weighted by Gasteiger charge is -2.30. The second-order valence-electron chi connectivity index (χ2n) is 4.08. The Balaban J connectivity index is 4.21. The predicted molar refractivity (Wildman–Crippen MR) is 49.8 cm³/mol. The smallest absolute Gasteiger partial charge is 0.199 e. The molecule has 0 spiro atoms. The Hall–Kier alpha value is -0.313. The van der Waals surface area contributed by atoms with Gasteiger partial charge in [0, 0.05) is 0 Å². The maximum absolute atomic E-state index is 10.3. The fourth-order valence-electron chi connectivity index (χ4n) is 1.31. The molecule has 0 bridgehead atoms. The van der Waals surface area contributed by atoms with Crippen LogP contribution >= 0.6 is 0 Å². The van der Waals surface area contributed by atoms with Gasteiger partial charge in [0.25, 0.3) is 0 Å². The second kappa shape index (κ2) is 3.90.